The van der Waals surface area contributed by atoms with Crippen molar-refractivity contribution in [2.24, 2.45) is 35.3 Å². The minimum Gasteiger partial charge on any atom is -0.349 e. The molecule has 0 aromatic rings. The second-order valence-electron chi connectivity index (χ2n) is 7.72. The lowest BCUT2D eigenvalue weighted by Gasteiger charge is -2.62. The first-order chi connectivity index (χ1) is 9.20. The van der Waals surface area contributed by atoms with Gasteiger partial charge in [0.25, 0.3) is 0 Å². The molecule has 1 amide bonds. The minimum atomic E-state index is 0.0634. The summed E-state index contributed by atoms with van der Waals surface area (Å²) in [7, 11) is 0. The molecule has 5 aliphatic rings. The normalized spacial score (nSPS) is 45.8. The molecule has 0 atom stereocenters. The number of carbonyl (C=O) groups excluding carboxylic acids is 1. The van der Waals surface area contributed by atoms with Crippen LogP contribution in [0.1, 0.15) is 51.4 Å². The van der Waals surface area contributed by atoms with E-state index in [4.69, 9.17) is 5.73 Å². The number of hydrogen-bond acceptors (Lipinski definition) is 2. The van der Waals surface area contributed by atoms with Crippen LogP contribution >= 0.6 is 0 Å². The summed E-state index contributed by atoms with van der Waals surface area (Å²) < 4.78 is 0. The molecule has 4 bridgehead atoms. The average Bonchev–Trinajstić information content (AvgIpc) is 2.33. The second-order valence-corrected chi connectivity index (χ2v) is 7.72. The smallest absolute Gasteiger partial charge is 0.234 e. The van der Waals surface area contributed by atoms with Gasteiger partial charge in [-0.25, -0.2) is 0 Å². The van der Waals surface area contributed by atoms with Gasteiger partial charge in [0.05, 0.1) is 6.54 Å². The lowest BCUT2D eigenvalue weighted by Crippen LogP contribution is -2.65. The van der Waals surface area contributed by atoms with Gasteiger partial charge in [-0.1, -0.05) is 0 Å². The summed E-state index contributed by atoms with van der Waals surface area (Å²) in [6, 6.07) is 0. The van der Waals surface area contributed by atoms with E-state index in [1.165, 1.54) is 51.4 Å². The van der Waals surface area contributed by atoms with Crippen LogP contribution in [0.3, 0.4) is 0 Å². The lowest BCUT2D eigenvalue weighted by molar-refractivity contribution is -0.132. The lowest BCUT2D eigenvalue weighted by atomic mass is 9.45. The topological polar surface area (TPSA) is 55.1 Å². The Kier molecular flexibility index (Phi) is 2.70. The van der Waals surface area contributed by atoms with Crippen LogP contribution < -0.4 is 11.1 Å². The van der Waals surface area contributed by atoms with Gasteiger partial charge in [0, 0.05) is 5.54 Å². The van der Waals surface area contributed by atoms with Crippen LogP contribution in [-0.4, -0.2) is 18.0 Å². The Balaban J connectivity index is 1.58. The van der Waals surface area contributed by atoms with Gasteiger partial charge in [0.15, 0.2) is 0 Å². The molecule has 0 unspecified atom stereocenters. The van der Waals surface area contributed by atoms with Crippen molar-refractivity contribution >= 4 is 5.91 Å². The molecule has 0 heterocycles. The maximum absolute atomic E-state index is 11.8. The first-order valence-corrected chi connectivity index (χ1v) is 8.21. The van der Waals surface area contributed by atoms with Crippen molar-refractivity contribution in [2.75, 3.05) is 6.54 Å². The quantitative estimate of drug-likeness (QED) is 0.818. The van der Waals surface area contributed by atoms with E-state index in [2.05, 4.69) is 5.32 Å². The largest absolute Gasteiger partial charge is 0.349 e. The van der Waals surface area contributed by atoms with Gasteiger partial charge >= 0.3 is 0 Å². The fraction of sp³-hybridized carbons (Fsp3) is 0.938. The van der Waals surface area contributed by atoms with Crippen LogP contribution in [0, 0.1) is 29.6 Å². The highest BCUT2D eigenvalue weighted by molar-refractivity contribution is 5.78. The Bertz CT molecular complexity index is 360. The molecule has 0 spiro atoms. The number of rotatable bonds is 3. The summed E-state index contributed by atoms with van der Waals surface area (Å²) in [5, 5.41) is 3.34. The van der Waals surface area contributed by atoms with Crippen LogP contribution in [0.4, 0.5) is 0 Å². The Morgan fingerprint density at radius 1 is 1.05 bits per heavy atom. The molecule has 0 aliphatic heterocycles. The zero-order chi connectivity index (χ0) is 13.0. The van der Waals surface area contributed by atoms with Crippen molar-refractivity contribution in [3.8, 4) is 0 Å². The number of hydrogen-bond donors (Lipinski definition) is 2. The maximum Gasteiger partial charge on any atom is 0.234 e. The highest BCUT2D eigenvalue weighted by Crippen LogP contribution is 2.61. The molecule has 5 aliphatic carbocycles. The van der Waals surface area contributed by atoms with Gasteiger partial charge in [-0.05, 0) is 81.0 Å². The molecule has 19 heavy (non-hydrogen) atoms. The third-order valence-electron chi connectivity index (χ3n) is 6.68. The molecule has 106 valence electrons. The second kappa shape index (κ2) is 4.21. The highest BCUT2D eigenvalue weighted by Gasteiger charge is 2.57. The number of amides is 1. The molecule has 0 radical (unpaired) electrons. The number of nitrogens with two attached hydrogens (primary N) is 1. The SMILES string of the molecule is NCC(=O)NC1(C2C3CC4CC(C3)CC2C4)CCC1. The first-order valence-electron chi connectivity index (χ1n) is 8.21. The van der Waals surface area contributed by atoms with Crippen LogP contribution in [0.15, 0.2) is 0 Å². The van der Waals surface area contributed by atoms with Crippen LogP contribution in [0.5, 0.6) is 0 Å². The Labute approximate surface area is 115 Å². The van der Waals surface area contributed by atoms with Crippen molar-refractivity contribution in [1.29, 1.82) is 0 Å². The Morgan fingerprint density at radius 2 is 1.63 bits per heavy atom. The van der Waals surface area contributed by atoms with E-state index >= 15 is 0 Å². The number of nitrogens with one attached hydrogen (secondary N) is 1. The summed E-state index contributed by atoms with van der Waals surface area (Å²) in [6.45, 7) is 0.148. The summed E-state index contributed by atoms with van der Waals surface area (Å²) in [6.07, 6.45) is 11.0. The molecular weight excluding hydrogens is 236 g/mol. The molecule has 5 rings (SSSR count). The van der Waals surface area contributed by atoms with Crippen LogP contribution in [0.2, 0.25) is 0 Å². The standard InChI is InChI=1S/C16H26N2O/c17-9-14(19)18-16(2-1-3-16)15-12-5-10-4-11(7-12)8-13(15)6-10/h10-13,15H,1-9,17H2,(H,18,19). The molecule has 3 heteroatoms. The van der Waals surface area contributed by atoms with E-state index in [-0.39, 0.29) is 18.0 Å². The zero-order valence-corrected chi connectivity index (χ0v) is 11.7. The van der Waals surface area contributed by atoms with Crippen molar-refractivity contribution in [2.45, 2.75) is 56.9 Å². The summed E-state index contributed by atoms with van der Waals surface area (Å²) in [4.78, 5) is 11.8. The maximum atomic E-state index is 11.8. The fourth-order valence-electron chi connectivity index (χ4n) is 6.26. The predicted octanol–water partition coefficient (Wildman–Crippen LogP) is 2.06. The summed E-state index contributed by atoms with van der Waals surface area (Å²) >= 11 is 0. The van der Waals surface area contributed by atoms with Crippen molar-refractivity contribution in [3.05, 3.63) is 0 Å². The Hall–Kier alpha value is -0.570. The van der Waals surface area contributed by atoms with Crippen LogP contribution in [0.25, 0.3) is 0 Å². The monoisotopic (exact) mass is 262 g/mol. The van der Waals surface area contributed by atoms with E-state index in [0.717, 1.165) is 29.6 Å². The molecule has 0 saturated heterocycles. The van der Waals surface area contributed by atoms with Gasteiger partial charge in [-0.15, -0.1) is 0 Å². The molecule has 3 N–H and O–H groups in total. The van der Waals surface area contributed by atoms with Crippen molar-refractivity contribution < 1.29 is 4.79 Å². The highest BCUT2D eigenvalue weighted by atomic mass is 16.2. The molecule has 5 fully saturated rings. The third-order valence-corrected chi connectivity index (χ3v) is 6.68. The predicted molar refractivity (Wildman–Crippen MR) is 74.3 cm³/mol. The molecule has 0 aromatic carbocycles. The summed E-state index contributed by atoms with van der Waals surface area (Å²) in [5.41, 5.74) is 5.66. The van der Waals surface area contributed by atoms with Gasteiger partial charge in [0.1, 0.15) is 0 Å². The minimum absolute atomic E-state index is 0.0634. The van der Waals surface area contributed by atoms with Gasteiger partial charge in [-0.2, -0.15) is 0 Å². The molecule has 0 aromatic heterocycles. The van der Waals surface area contributed by atoms with Gasteiger partial charge in [0.2, 0.25) is 5.91 Å². The van der Waals surface area contributed by atoms with Crippen LogP contribution in [-0.2, 0) is 4.79 Å². The van der Waals surface area contributed by atoms with E-state index in [9.17, 15) is 4.79 Å². The zero-order valence-electron chi connectivity index (χ0n) is 11.7. The molecule has 5 saturated carbocycles. The summed E-state index contributed by atoms with van der Waals surface area (Å²) in [5.74, 6) is 4.66. The van der Waals surface area contributed by atoms with Gasteiger partial charge in [-0.3, -0.25) is 4.79 Å². The fourth-order valence-corrected chi connectivity index (χ4v) is 6.26. The molecular formula is C16H26N2O. The third kappa shape index (κ3) is 1.77. The average molecular weight is 262 g/mol. The van der Waals surface area contributed by atoms with E-state index < -0.39 is 0 Å². The molecule has 3 nitrogen and oxygen atoms in total. The Morgan fingerprint density at radius 3 is 2.05 bits per heavy atom. The van der Waals surface area contributed by atoms with Gasteiger partial charge < -0.3 is 11.1 Å². The van der Waals surface area contributed by atoms with Crippen molar-refractivity contribution in [3.63, 3.8) is 0 Å². The van der Waals surface area contributed by atoms with Crippen molar-refractivity contribution in [1.82, 2.24) is 5.32 Å². The van der Waals surface area contributed by atoms with E-state index in [1.807, 2.05) is 0 Å². The van der Waals surface area contributed by atoms with E-state index in [1.54, 1.807) is 0 Å². The van der Waals surface area contributed by atoms with E-state index in [0.29, 0.717) is 0 Å². The number of carbonyl (C=O) groups is 1. The first kappa shape index (κ1) is 12.2.